The van der Waals surface area contributed by atoms with Crippen molar-refractivity contribution in [3.63, 3.8) is 0 Å². The summed E-state index contributed by atoms with van der Waals surface area (Å²) in [5, 5.41) is 2.87. The van der Waals surface area contributed by atoms with Gasteiger partial charge in [-0.15, -0.1) is 0 Å². The third-order valence-electron chi connectivity index (χ3n) is 3.73. The molecule has 1 saturated heterocycles. The molecular weight excluding hydrogens is 292 g/mol. The number of hydrogen-bond acceptors (Lipinski definition) is 3. The van der Waals surface area contributed by atoms with Gasteiger partial charge in [0.2, 0.25) is 5.91 Å². The van der Waals surface area contributed by atoms with Gasteiger partial charge in [0.05, 0.1) is 19.3 Å². The fourth-order valence-corrected chi connectivity index (χ4v) is 2.58. The minimum atomic E-state index is -0.0491. The lowest BCUT2D eigenvalue weighted by Gasteiger charge is -2.33. The minimum absolute atomic E-state index is 0.00775. The van der Waals surface area contributed by atoms with Crippen LogP contribution in [0.3, 0.4) is 0 Å². The molecule has 0 radical (unpaired) electrons. The Bertz CT molecular complexity index is 561. The van der Waals surface area contributed by atoms with Crippen LogP contribution in [0.5, 0.6) is 0 Å². The predicted octanol–water partition coefficient (Wildman–Crippen LogP) is 2.92. The summed E-state index contributed by atoms with van der Waals surface area (Å²) in [6.45, 7) is 9.83. The lowest BCUT2D eigenvalue weighted by Crippen LogP contribution is -2.47. The van der Waals surface area contributed by atoms with Gasteiger partial charge in [0, 0.05) is 24.2 Å². The molecule has 126 valence electrons. The molecule has 1 unspecified atom stereocenters. The Morgan fingerprint density at radius 1 is 1.26 bits per heavy atom. The average Bonchev–Trinajstić information content (AvgIpc) is 2.46. The maximum Gasteiger partial charge on any atom is 0.254 e. The lowest BCUT2D eigenvalue weighted by atomic mass is 9.92. The molecule has 0 spiro atoms. The van der Waals surface area contributed by atoms with Crippen molar-refractivity contribution in [3.8, 4) is 0 Å². The Kier molecular flexibility index (Phi) is 5.42. The van der Waals surface area contributed by atoms with Gasteiger partial charge in [-0.2, -0.15) is 0 Å². The summed E-state index contributed by atoms with van der Waals surface area (Å²) in [5.74, 6) is -0.00764. The molecule has 1 aliphatic rings. The van der Waals surface area contributed by atoms with E-state index < -0.39 is 0 Å². The van der Waals surface area contributed by atoms with E-state index in [-0.39, 0.29) is 23.3 Å². The van der Waals surface area contributed by atoms with E-state index in [1.54, 1.807) is 24.3 Å². The highest BCUT2D eigenvalue weighted by molar-refractivity contribution is 5.96. The van der Waals surface area contributed by atoms with Gasteiger partial charge >= 0.3 is 0 Å². The molecule has 1 aromatic rings. The Hall–Kier alpha value is -1.88. The van der Waals surface area contributed by atoms with E-state index in [0.717, 1.165) is 0 Å². The molecule has 0 aromatic heterocycles. The molecule has 1 aromatic carbocycles. The van der Waals surface area contributed by atoms with Crippen LogP contribution >= 0.6 is 0 Å². The molecule has 0 saturated carbocycles. The minimum Gasteiger partial charge on any atom is -0.377 e. The monoisotopic (exact) mass is 318 g/mol. The van der Waals surface area contributed by atoms with Crippen molar-refractivity contribution in [2.24, 2.45) is 5.41 Å². The molecule has 1 heterocycles. The topological polar surface area (TPSA) is 58.6 Å². The van der Waals surface area contributed by atoms with Crippen LogP contribution in [0, 0.1) is 5.41 Å². The van der Waals surface area contributed by atoms with Crippen molar-refractivity contribution in [1.82, 2.24) is 4.90 Å². The van der Waals surface area contributed by atoms with E-state index >= 15 is 0 Å². The molecule has 1 N–H and O–H groups in total. The van der Waals surface area contributed by atoms with Crippen LogP contribution in [0.4, 0.5) is 5.69 Å². The molecule has 1 atom stereocenters. The number of benzene rings is 1. The quantitative estimate of drug-likeness (QED) is 0.932. The molecule has 23 heavy (non-hydrogen) atoms. The maximum absolute atomic E-state index is 12.5. The molecule has 5 heteroatoms. The Balaban J connectivity index is 1.99. The van der Waals surface area contributed by atoms with Crippen LogP contribution in [0.2, 0.25) is 0 Å². The van der Waals surface area contributed by atoms with Gasteiger partial charge in [-0.05, 0) is 36.6 Å². The first-order valence-corrected chi connectivity index (χ1v) is 8.05. The van der Waals surface area contributed by atoms with Crippen LogP contribution in [0.15, 0.2) is 24.3 Å². The number of ether oxygens (including phenoxy) is 1. The molecule has 2 amide bonds. The van der Waals surface area contributed by atoms with Gasteiger partial charge in [0.25, 0.3) is 5.91 Å². The van der Waals surface area contributed by atoms with Gasteiger partial charge in [0.1, 0.15) is 0 Å². The fourth-order valence-electron chi connectivity index (χ4n) is 2.58. The van der Waals surface area contributed by atoms with Crippen LogP contribution in [-0.4, -0.2) is 42.5 Å². The summed E-state index contributed by atoms with van der Waals surface area (Å²) >= 11 is 0. The number of rotatable bonds is 3. The van der Waals surface area contributed by atoms with E-state index in [2.05, 4.69) is 5.32 Å². The number of morpholine rings is 1. The fraction of sp³-hybridized carbons (Fsp3) is 0.556. The summed E-state index contributed by atoms with van der Waals surface area (Å²) in [5.41, 5.74) is 1.30. The van der Waals surface area contributed by atoms with Gasteiger partial charge < -0.3 is 15.0 Å². The third-order valence-corrected chi connectivity index (χ3v) is 3.73. The van der Waals surface area contributed by atoms with Gasteiger partial charge in [-0.1, -0.05) is 20.8 Å². The Morgan fingerprint density at radius 2 is 1.91 bits per heavy atom. The average molecular weight is 318 g/mol. The molecular formula is C18H26N2O3. The smallest absolute Gasteiger partial charge is 0.254 e. The Labute approximate surface area is 138 Å². The van der Waals surface area contributed by atoms with E-state index in [0.29, 0.717) is 37.4 Å². The Morgan fingerprint density at radius 3 is 2.48 bits per heavy atom. The summed E-state index contributed by atoms with van der Waals surface area (Å²) in [6.07, 6.45) is 0.457. The van der Waals surface area contributed by atoms with Crippen molar-refractivity contribution in [1.29, 1.82) is 0 Å². The highest BCUT2D eigenvalue weighted by Gasteiger charge is 2.24. The molecule has 1 fully saturated rings. The van der Waals surface area contributed by atoms with Crippen LogP contribution < -0.4 is 5.32 Å². The number of hydrogen-bond donors (Lipinski definition) is 1. The zero-order chi connectivity index (χ0) is 17.0. The number of anilines is 1. The van der Waals surface area contributed by atoms with Crippen molar-refractivity contribution in [2.75, 3.05) is 25.1 Å². The maximum atomic E-state index is 12.5. The first-order chi connectivity index (χ1) is 10.8. The number of amides is 2. The number of nitrogens with one attached hydrogen (secondary N) is 1. The van der Waals surface area contributed by atoms with E-state index in [1.165, 1.54) is 0 Å². The van der Waals surface area contributed by atoms with Crippen LogP contribution in [-0.2, 0) is 9.53 Å². The van der Waals surface area contributed by atoms with Crippen molar-refractivity contribution in [2.45, 2.75) is 40.2 Å². The van der Waals surface area contributed by atoms with Crippen molar-refractivity contribution < 1.29 is 14.3 Å². The second kappa shape index (κ2) is 7.13. The summed E-state index contributed by atoms with van der Waals surface area (Å²) in [7, 11) is 0. The van der Waals surface area contributed by atoms with E-state index in [9.17, 15) is 9.59 Å². The van der Waals surface area contributed by atoms with Crippen LogP contribution in [0.25, 0.3) is 0 Å². The van der Waals surface area contributed by atoms with Crippen molar-refractivity contribution >= 4 is 17.5 Å². The molecule has 1 aliphatic heterocycles. The highest BCUT2D eigenvalue weighted by atomic mass is 16.5. The number of carbonyl (C=O) groups excluding carboxylic acids is 2. The van der Waals surface area contributed by atoms with E-state index in [1.807, 2.05) is 32.6 Å². The molecule has 0 aliphatic carbocycles. The number of nitrogens with zero attached hydrogens (tertiary/aromatic N) is 1. The zero-order valence-corrected chi connectivity index (χ0v) is 14.4. The molecule has 2 rings (SSSR count). The van der Waals surface area contributed by atoms with Gasteiger partial charge in [-0.25, -0.2) is 0 Å². The van der Waals surface area contributed by atoms with E-state index in [4.69, 9.17) is 4.74 Å². The first kappa shape index (κ1) is 17.5. The number of carbonyl (C=O) groups is 2. The van der Waals surface area contributed by atoms with Gasteiger partial charge in [-0.3, -0.25) is 9.59 Å². The first-order valence-electron chi connectivity index (χ1n) is 8.05. The third kappa shape index (κ3) is 5.06. The lowest BCUT2D eigenvalue weighted by molar-refractivity contribution is -0.117. The largest absolute Gasteiger partial charge is 0.377 e. The normalized spacial score (nSPS) is 18.6. The second-order valence-corrected chi connectivity index (χ2v) is 7.29. The molecule has 0 bridgehead atoms. The van der Waals surface area contributed by atoms with Gasteiger partial charge in [0.15, 0.2) is 0 Å². The summed E-state index contributed by atoms with van der Waals surface area (Å²) in [4.78, 5) is 26.3. The standard InChI is InChI=1S/C18H26N2O3/c1-13-12-23-10-9-20(13)17(22)14-5-7-15(8-6-14)19-16(21)11-18(2,3)4/h5-8,13H,9-12H2,1-4H3,(H,19,21). The van der Waals surface area contributed by atoms with Crippen LogP contribution in [0.1, 0.15) is 44.5 Å². The summed E-state index contributed by atoms with van der Waals surface area (Å²) in [6, 6.07) is 7.16. The highest BCUT2D eigenvalue weighted by Crippen LogP contribution is 2.20. The van der Waals surface area contributed by atoms with Crippen molar-refractivity contribution in [3.05, 3.63) is 29.8 Å². The SMILES string of the molecule is CC1COCCN1C(=O)c1ccc(NC(=O)CC(C)(C)C)cc1. The summed E-state index contributed by atoms with van der Waals surface area (Å²) < 4.78 is 5.36. The predicted molar refractivity (Wildman–Crippen MR) is 90.5 cm³/mol. The zero-order valence-electron chi connectivity index (χ0n) is 14.4. The molecule has 5 nitrogen and oxygen atoms in total. The second-order valence-electron chi connectivity index (χ2n) is 7.29.